The van der Waals surface area contributed by atoms with Gasteiger partial charge in [0.05, 0.1) is 0 Å². The van der Waals surface area contributed by atoms with Gasteiger partial charge in [-0.05, 0) is 6.92 Å². The molecule has 8 heavy (non-hydrogen) atoms. The van der Waals surface area contributed by atoms with Gasteiger partial charge in [-0.15, -0.1) is 0 Å². The van der Waals surface area contributed by atoms with Crippen molar-refractivity contribution in [2.24, 2.45) is 5.10 Å². The summed E-state index contributed by atoms with van der Waals surface area (Å²) in [4.78, 5) is 0. The van der Waals surface area contributed by atoms with Crippen LogP contribution in [0.5, 0.6) is 0 Å². The van der Waals surface area contributed by atoms with Crippen LogP contribution < -0.4 is 5.43 Å². The summed E-state index contributed by atoms with van der Waals surface area (Å²) >= 11 is 0. The zero-order chi connectivity index (χ0) is 6.83. The lowest BCUT2D eigenvalue weighted by molar-refractivity contribution is 0.979. The van der Waals surface area contributed by atoms with E-state index in [4.69, 9.17) is 0 Å². The fourth-order valence-corrected chi connectivity index (χ4v) is 0.127. The van der Waals surface area contributed by atoms with E-state index >= 15 is 0 Å². The molecule has 0 saturated carbocycles. The summed E-state index contributed by atoms with van der Waals surface area (Å²) in [5.74, 6) is 0. The van der Waals surface area contributed by atoms with Gasteiger partial charge in [0, 0.05) is 12.9 Å². The Morgan fingerprint density at radius 1 is 1.50 bits per heavy atom. The minimum atomic E-state index is 1.70. The fraction of sp³-hybridized carbons (Fsp3) is 0.500. The molecule has 0 aliphatic rings. The average Bonchev–Trinajstić information content (AvgIpc) is 1.88. The predicted octanol–water partition coefficient (Wildman–Crippen LogP) is 1.75. The number of allylic oxidation sites excluding steroid dienone is 1. The maximum absolute atomic E-state index is 3.34. The Balaban J connectivity index is 0. The van der Waals surface area contributed by atoms with Gasteiger partial charge >= 0.3 is 0 Å². The summed E-state index contributed by atoms with van der Waals surface area (Å²) in [5, 5.41) is 3.34. The zero-order valence-corrected chi connectivity index (χ0v) is 5.81. The van der Waals surface area contributed by atoms with E-state index in [1.54, 1.807) is 6.20 Å². The van der Waals surface area contributed by atoms with Crippen LogP contribution in [0.3, 0.4) is 0 Å². The first kappa shape index (κ1) is 10.2. The van der Waals surface area contributed by atoms with E-state index in [1.807, 2.05) is 26.8 Å². The second kappa shape index (κ2) is 16.4. The summed E-state index contributed by atoms with van der Waals surface area (Å²) in [6, 6.07) is 0. The van der Waals surface area contributed by atoms with Crippen LogP contribution >= 0.6 is 0 Å². The summed E-state index contributed by atoms with van der Waals surface area (Å²) < 4.78 is 0. The van der Waals surface area contributed by atoms with Crippen molar-refractivity contribution < 1.29 is 0 Å². The summed E-state index contributed by atoms with van der Waals surface area (Å²) in [5.41, 5.74) is 2.53. The monoisotopic (exact) mass is 114 g/mol. The number of hydrazone groups is 1. The minimum absolute atomic E-state index is 1.70. The van der Waals surface area contributed by atoms with Crippen LogP contribution in [-0.4, -0.2) is 6.72 Å². The molecule has 0 atom stereocenters. The largest absolute Gasteiger partial charge is 0.287 e. The Morgan fingerprint density at radius 2 is 2.00 bits per heavy atom. The van der Waals surface area contributed by atoms with Gasteiger partial charge in [-0.1, -0.05) is 19.9 Å². The van der Waals surface area contributed by atoms with Gasteiger partial charge in [-0.3, -0.25) is 5.43 Å². The molecule has 0 aromatic carbocycles. The van der Waals surface area contributed by atoms with Gasteiger partial charge < -0.3 is 0 Å². The summed E-state index contributed by atoms with van der Waals surface area (Å²) in [6.45, 7) is 9.09. The van der Waals surface area contributed by atoms with E-state index in [0.717, 1.165) is 0 Å². The van der Waals surface area contributed by atoms with Crippen molar-refractivity contribution in [2.75, 3.05) is 0 Å². The SMILES string of the molecule is C=NN/C=C\C.CC. The van der Waals surface area contributed by atoms with E-state index in [9.17, 15) is 0 Å². The molecular weight excluding hydrogens is 100 g/mol. The molecule has 0 heterocycles. The van der Waals surface area contributed by atoms with Gasteiger partial charge in [0.25, 0.3) is 0 Å². The molecule has 0 fully saturated rings. The number of nitrogens with one attached hydrogen (secondary N) is 1. The van der Waals surface area contributed by atoms with Crippen molar-refractivity contribution in [1.82, 2.24) is 5.43 Å². The number of hydrogen-bond acceptors (Lipinski definition) is 2. The predicted molar refractivity (Wildman–Crippen MR) is 38.8 cm³/mol. The summed E-state index contributed by atoms with van der Waals surface area (Å²) in [7, 11) is 0. The minimum Gasteiger partial charge on any atom is -0.287 e. The Hall–Kier alpha value is -0.790. The molecule has 48 valence electrons. The molecule has 0 unspecified atom stereocenters. The van der Waals surface area contributed by atoms with Crippen LogP contribution in [0.25, 0.3) is 0 Å². The molecule has 0 saturated heterocycles. The van der Waals surface area contributed by atoms with Gasteiger partial charge in [0.15, 0.2) is 0 Å². The van der Waals surface area contributed by atoms with Crippen molar-refractivity contribution in [1.29, 1.82) is 0 Å². The van der Waals surface area contributed by atoms with Crippen LogP contribution in [0.4, 0.5) is 0 Å². The number of nitrogens with zero attached hydrogens (tertiary/aromatic N) is 1. The third kappa shape index (κ3) is 18.9. The zero-order valence-electron chi connectivity index (χ0n) is 5.81. The molecule has 2 nitrogen and oxygen atoms in total. The topological polar surface area (TPSA) is 24.4 Å². The molecule has 0 rings (SSSR count). The smallest absolute Gasteiger partial charge is 0.0156 e. The van der Waals surface area contributed by atoms with E-state index in [-0.39, 0.29) is 0 Å². The van der Waals surface area contributed by atoms with Crippen molar-refractivity contribution in [2.45, 2.75) is 20.8 Å². The van der Waals surface area contributed by atoms with E-state index in [2.05, 4.69) is 17.2 Å². The summed E-state index contributed by atoms with van der Waals surface area (Å²) in [6.07, 6.45) is 3.54. The molecule has 0 aliphatic heterocycles. The van der Waals surface area contributed by atoms with Gasteiger partial charge in [0.2, 0.25) is 0 Å². The Bertz CT molecular complexity index is 57.5. The first-order valence-corrected chi connectivity index (χ1v) is 2.74. The van der Waals surface area contributed by atoms with E-state index in [1.165, 1.54) is 0 Å². The van der Waals surface area contributed by atoms with Gasteiger partial charge in [-0.25, -0.2) is 0 Å². The van der Waals surface area contributed by atoms with Gasteiger partial charge in [0.1, 0.15) is 0 Å². The standard InChI is InChI=1S/C4H8N2.C2H6/c1-3-4-6-5-2;1-2/h3-4,6H,2H2,1H3;1-2H3/b4-3-;. The molecule has 1 N–H and O–H groups in total. The molecule has 0 radical (unpaired) electrons. The molecule has 0 aromatic heterocycles. The second-order valence-electron chi connectivity index (χ2n) is 0.787. The lowest BCUT2D eigenvalue weighted by Crippen LogP contribution is -1.87. The lowest BCUT2D eigenvalue weighted by atomic mass is 10.7. The highest BCUT2D eigenvalue weighted by molar-refractivity contribution is 5.22. The number of rotatable bonds is 2. The van der Waals surface area contributed by atoms with Crippen LogP contribution in [0.15, 0.2) is 17.4 Å². The Morgan fingerprint density at radius 3 is 2.12 bits per heavy atom. The highest BCUT2D eigenvalue weighted by Crippen LogP contribution is 1.58. The first-order chi connectivity index (χ1) is 3.91. The van der Waals surface area contributed by atoms with Crippen molar-refractivity contribution in [3.8, 4) is 0 Å². The van der Waals surface area contributed by atoms with E-state index < -0.39 is 0 Å². The van der Waals surface area contributed by atoms with E-state index in [0.29, 0.717) is 0 Å². The third-order valence-electron chi connectivity index (χ3n) is 0.332. The number of hydrogen-bond donors (Lipinski definition) is 1. The van der Waals surface area contributed by atoms with Crippen molar-refractivity contribution >= 4 is 6.72 Å². The molecule has 0 spiro atoms. The first-order valence-electron chi connectivity index (χ1n) is 2.74. The molecule has 0 amide bonds. The highest BCUT2D eigenvalue weighted by Gasteiger charge is 1.51. The average molecular weight is 114 g/mol. The third-order valence-corrected chi connectivity index (χ3v) is 0.332. The molecular formula is C6H14N2. The van der Waals surface area contributed by atoms with Crippen LogP contribution in [0, 0.1) is 0 Å². The highest BCUT2D eigenvalue weighted by atomic mass is 15.3. The fourth-order valence-electron chi connectivity index (χ4n) is 0.127. The normalized spacial score (nSPS) is 7.38. The molecule has 2 heteroatoms. The van der Waals surface area contributed by atoms with Crippen LogP contribution in [0.1, 0.15) is 20.8 Å². The maximum atomic E-state index is 3.34. The second-order valence-corrected chi connectivity index (χ2v) is 0.787. The lowest BCUT2D eigenvalue weighted by Gasteiger charge is -1.78. The van der Waals surface area contributed by atoms with Crippen LogP contribution in [0.2, 0.25) is 0 Å². The quantitative estimate of drug-likeness (QED) is 0.429. The van der Waals surface area contributed by atoms with Crippen molar-refractivity contribution in [3.05, 3.63) is 12.3 Å². The molecule has 0 aliphatic carbocycles. The van der Waals surface area contributed by atoms with Crippen LogP contribution in [-0.2, 0) is 0 Å². The Kier molecular flexibility index (Phi) is 20.9. The Labute approximate surface area is 51.3 Å². The van der Waals surface area contributed by atoms with Gasteiger partial charge in [-0.2, -0.15) is 5.10 Å². The maximum Gasteiger partial charge on any atom is 0.0156 e. The molecule has 0 aromatic rings. The van der Waals surface area contributed by atoms with Crippen molar-refractivity contribution in [3.63, 3.8) is 0 Å². The molecule has 0 bridgehead atoms.